The Kier molecular flexibility index (Phi) is 10.9. The summed E-state index contributed by atoms with van der Waals surface area (Å²) in [5.74, 6) is -5.91. The number of carboxylic acid groups (broad SMARTS) is 1. The van der Waals surface area contributed by atoms with Crippen LogP contribution >= 0.6 is 0 Å². The standard InChI is InChI=1S/C24H33N7O8/c1-11(32)20(31-22(36)16(6-7-18(26)33)29-21(35)14(25)9-19(27)34)23(37)30-17(24(38)39)8-12-10-28-15-5-3-2-4-13(12)15/h2-5,10-11,14,16-17,20,28,32H,6-9,25H2,1H3,(H2,26,33)(H2,27,34)(H,29,35)(H,30,37)(H,31,36)(H,38,39). The molecule has 0 saturated heterocycles. The molecule has 39 heavy (non-hydrogen) atoms. The Morgan fingerprint density at radius 1 is 0.923 bits per heavy atom. The summed E-state index contributed by atoms with van der Waals surface area (Å²) in [6.45, 7) is 1.19. The number of primary amides is 2. The third-order valence-corrected chi connectivity index (χ3v) is 5.85. The number of aliphatic hydroxyl groups is 1. The second kappa shape index (κ2) is 13.9. The zero-order valence-corrected chi connectivity index (χ0v) is 21.2. The molecule has 5 unspecified atom stereocenters. The van der Waals surface area contributed by atoms with Crippen molar-refractivity contribution in [3.63, 3.8) is 0 Å². The van der Waals surface area contributed by atoms with Gasteiger partial charge in [-0.3, -0.25) is 24.0 Å². The van der Waals surface area contributed by atoms with Gasteiger partial charge in [-0.15, -0.1) is 0 Å². The van der Waals surface area contributed by atoms with Gasteiger partial charge in [0, 0.05) is 29.9 Å². The molecule has 1 aromatic carbocycles. The third kappa shape index (κ3) is 9.08. The minimum Gasteiger partial charge on any atom is -0.480 e. The van der Waals surface area contributed by atoms with Crippen molar-refractivity contribution in [1.29, 1.82) is 0 Å². The lowest BCUT2D eigenvalue weighted by molar-refractivity contribution is -0.143. The van der Waals surface area contributed by atoms with E-state index in [0.717, 1.165) is 10.9 Å². The molecule has 12 N–H and O–H groups in total. The number of benzene rings is 1. The summed E-state index contributed by atoms with van der Waals surface area (Å²) in [5.41, 5.74) is 17.2. The van der Waals surface area contributed by atoms with E-state index < -0.39 is 72.2 Å². The molecular formula is C24H33N7O8. The van der Waals surface area contributed by atoms with Crippen LogP contribution in [0.3, 0.4) is 0 Å². The van der Waals surface area contributed by atoms with E-state index >= 15 is 0 Å². The molecule has 0 fully saturated rings. The second-order valence-electron chi connectivity index (χ2n) is 9.03. The van der Waals surface area contributed by atoms with Gasteiger partial charge in [0.05, 0.1) is 18.6 Å². The van der Waals surface area contributed by atoms with Gasteiger partial charge in [-0.05, 0) is 25.0 Å². The van der Waals surface area contributed by atoms with Gasteiger partial charge in [-0.25, -0.2) is 4.79 Å². The van der Waals surface area contributed by atoms with Crippen molar-refractivity contribution in [2.24, 2.45) is 17.2 Å². The average Bonchev–Trinajstić information content (AvgIpc) is 3.26. The van der Waals surface area contributed by atoms with E-state index in [1.165, 1.54) is 6.92 Å². The maximum atomic E-state index is 13.0. The Morgan fingerprint density at radius 3 is 2.15 bits per heavy atom. The molecule has 212 valence electrons. The highest BCUT2D eigenvalue weighted by molar-refractivity contribution is 5.95. The van der Waals surface area contributed by atoms with Crippen molar-refractivity contribution in [1.82, 2.24) is 20.9 Å². The van der Waals surface area contributed by atoms with Gasteiger partial charge in [0.25, 0.3) is 0 Å². The molecule has 5 amide bonds. The first-order valence-corrected chi connectivity index (χ1v) is 12.0. The normalized spacial score (nSPS) is 14.8. The lowest BCUT2D eigenvalue weighted by atomic mass is 10.0. The van der Waals surface area contributed by atoms with Crippen LogP contribution < -0.4 is 33.2 Å². The first-order chi connectivity index (χ1) is 18.3. The highest BCUT2D eigenvalue weighted by Crippen LogP contribution is 2.19. The number of aliphatic hydroxyl groups excluding tert-OH is 1. The fourth-order valence-electron chi connectivity index (χ4n) is 3.78. The minimum atomic E-state index is -1.63. The van der Waals surface area contributed by atoms with Crippen LogP contribution in [-0.2, 0) is 35.2 Å². The van der Waals surface area contributed by atoms with Crippen molar-refractivity contribution in [3.05, 3.63) is 36.0 Å². The van der Waals surface area contributed by atoms with Gasteiger partial charge in [0.2, 0.25) is 29.5 Å². The Labute approximate surface area is 222 Å². The molecule has 0 saturated carbocycles. The SMILES string of the molecule is CC(O)C(NC(=O)C(CCC(N)=O)NC(=O)C(N)CC(N)=O)C(=O)NC(Cc1c[nH]c2ccccc12)C(=O)O. The molecule has 2 rings (SSSR count). The van der Waals surface area contributed by atoms with Gasteiger partial charge < -0.3 is 48.3 Å². The number of rotatable bonds is 15. The largest absolute Gasteiger partial charge is 0.480 e. The van der Waals surface area contributed by atoms with E-state index in [1.807, 2.05) is 0 Å². The van der Waals surface area contributed by atoms with Crippen molar-refractivity contribution < 1.29 is 39.0 Å². The molecule has 2 aromatic rings. The number of carboxylic acids is 1. The van der Waals surface area contributed by atoms with Crippen LogP contribution in [0.5, 0.6) is 0 Å². The number of aromatic amines is 1. The molecule has 0 aliphatic rings. The average molecular weight is 548 g/mol. The highest BCUT2D eigenvalue weighted by atomic mass is 16.4. The Bertz CT molecular complexity index is 1230. The first kappa shape index (κ1) is 30.7. The number of hydrogen-bond donors (Lipinski definition) is 9. The van der Waals surface area contributed by atoms with Crippen LogP contribution in [0.15, 0.2) is 30.5 Å². The zero-order valence-electron chi connectivity index (χ0n) is 21.2. The lowest BCUT2D eigenvalue weighted by Gasteiger charge is -2.26. The summed E-state index contributed by atoms with van der Waals surface area (Å²) < 4.78 is 0. The van der Waals surface area contributed by atoms with Crippen molar-refractivity contribution in [2.45, 2.75) is 62.9 Å². The molecule has 15 nitrogen and oxygen atoms in total. The predicted molar refractivity (Wildman–Crippen MR) is 137 cm³/mol. The Balaban J connectivity index is 2.16. The highest BCUT2D eigenvalue weighted by Gasteiger charge is 2.33. The van der Waals surface area contributed by atoms with Crippen molar-refractivity contribution in [3.8, 4) is 0 Å². The van der Waals surface area contributed by atoms with Crippen LogP contribution in [-0.4, -0.2) is 81.0 Å². The molecule has 1 heterocycles. The van der Waals surface area contributed by atoms with Crippen LogP contribution in [0.2, 0.25) is 0 Å². The number of hydrogen-bond acceptors (Lipinski definition) is 8. The van der Waals surface area contributed by atoms with Gasteiger partial charge in [0.15, 0.2) is 0 Å². The predicted octanol–water partition coefficient (Wildman–Crippen LogP) is -2.90. The summed E-state index contributed by atoms with van der Waals surface area (Å²) in [6.07, 6.45) is -1.09. The number of carbonyl (C=O) groups excluding carboxylic acids is 5. The molecule has 5 atom stereocenters. The number of aromatic nitrogens is 1. The van der Waals surface area contributed by atoms with Gasteiger partial charge >= 0.3 is 5.97 Å². The molecule has 0 aliphatic heterocycles. The summed E-state index contributed by atoms with van der Waals surface area (Å²) in [4.78, 5) is 75.5. The smallest absolute Gasteiger partial charge is 0.326 e. The Hall–Kier alpha value is -4.50. The molecule has 0 radical (unpaired) electrons. The molecule has 15 heteroatoms. The second-order valence-corrected chi connectivity index (χ2v) is 9.03. The fourth-order valence-corrected chi connectivity index (χ4v) is 3.78. The Morgan fingerprint density at radius 2 is 1.56 bits per heavy atom. The van der Waals surface area contributed by atoms with E-state index in [0.29, 0.717) is 5.56 Å². The number of amides is 5. The van der Waals surface area contributed by atoms with Gasteiger partial charge in [-0.2, -0.15) is 0 Å². The summed E-state index contributed by atoms with van der Waals surface area (Å²) >= 11 is 0. The number of para-hydroxylation sites is 1. The maximum absolute atomic E-state index is 13.0. The number of nitrogens with two attached hydrogens (primary N) is 3. The molecule has 1 aromatic heterocycles. The number of H-pyrrole nitrogens is 1. The molecular weight excluding hydrogens is 514 g/mol. The number of aliphatic carboxylic acids is 1. The van der Waals surface area contributed by atoms with Gasteiger partial charge in [0.1, 0.15) is 18.1 Å². The van der Waals surface area contributed by atoms with E-state index in [4.69, 9.17) is 17.2 Å². The van der Waals surface area contributed by atoms with E-state index in [9.17, 15) is 39.0 Å². The van der Waals surface area contributed by atoms with E-state index in [2.05, 4.69) is 20.9 Å². The van der Waals surface area contributed by atoms with Crippen LogP contribution in [0.1, 0.15) is 31.7 Å². The van der Waals surface area contributed by atoms with E-state index in [-0.39, 0.29) is 19.3 Å². The third-order valence-electron chi connectivity index (χ3n) is 5.85. The summed E-state index contributed by atoms with van der Waals surface area (Å²) in [6, 6.07) is 1.32. The van der Waals surface area contributed by atoms with Crippen LogP contribution in [0.4, 0.5) is 0 Å². The topological polar surface area (TPSA) is 273 Å². The monoisotopic (exact) mass is 547 g/mol. The number of nitrogens with one attached hydrogen (secondary N) is 4. The van der Waals surface area contributed by atoms with Crippen molar-refractivity contribution in [2.75, 3.05) is 0 Å². The number of fused-ring (bicyclic) bond motifs is 1. The van der Waals surface area contributed by atoms with Gasteiger partial charge in [-0.1, -0.05) is 18.2 Å². The zero-order chi connectivity index (χ0) is 29.3. The van der Waals surface area contributed by atoms with Crippen LogP contribution in [0.25, 0.3) is 10.9 Å². The first-order valence-electron chi connectivity index (χ1n) is 12.0. The summed E-state index contributed by atoms with van der Waals surface area (Å²) in [7, 11) is 0. The van der Waals surface area contributed by atoms with Crippen molar-refractivity contribution >= 4 is 46.4 Å². The molecule has 0 aliphatic carbocycles. The lowest BCUT2D eigenvalue weighted by Crippen LogP contribution is -2.60. The fraction of sp³-hybridized carbons (Fsp3) is 0.417. The minimum absolute atomic E-state index is 0.0966. The van der Waals surface area contributed by atoms with E-state index in [1.54, 1.807) is 30.5 Å². The maximum Gasteiger partial charge on any atom is 0.326 e. The quantitative estimate of drug-likeness (QED) is 0.110. The molecule has 0 spiro atoms. The summed E-state index contributed by atoms with van der Waals surface area (Å²) in [5, 5.41) is 27.5. The van der Waals surface area contributed by atoms with Crippen LogP contribution in [0, 0.1) is 0 Å². The number of carbonyl (C=O) groups is 6. The molecule has 0 bridgehead atoms.